The van der Waals surface area contributed by atoms with Gasteiger partial charge in [0.25, 0.3) is 0 Å². The van der Waals surface area contributed by atoms with Gasteiger partial charge in [0.15, 0.2) is 0 Å². The molecule has 0 radical (unpaired) electrons. The van der Waals surface area contributed by atoms with Crippen LogP contribution in [-0.2, 0) is 0 Å². The maximum atomic E-state index is 6.04. The van der Waals surface area contributed by atoms with Crippen LogP contribution in [0.4, 0.5) is 0 Å². The number of hydrogen-bond donors (Lipinski definition) is 0. The first-order valence-electron chi connectivity index (χ1n) is 4.33. The van der Waals surface area contributed by atoms with Crippen LogP contribution in [0.25, 0.3) is 5.57 Å². The molecule has 1 rings (SSSR count). The Balaban J connectivity index is 2.99. The first kappa shape index (κ1) is 11.9. The first-order valence-corrected chi connectivity index (χ1v) is 5.62. The van der Waals surface area contributed by atoms with Crippen LogP contribution in [0.5, 0.6) is 0 Å². The Bertz CT molecular complexity index is 342. The summed E-state index contributed by atoms with van der Waals surface area (Å²) in [4.78, 5) is 0. The molecule has 0 atom stereocenters. The molecule has 1 aromatic carbocycles. The van der Waals surface area contributed by atoms with E-state index in [1.807, 2.05) is 13.0 Å². The van der Waals surface area contributed by atoms with Gasteiger partial charge in [-0.25, -0.2) is 0 Å². The Morgan fingerprint density at radius 2 is 2.07 bits per heavy atom. The first-order chi connectivity index (χ1) is 6.65. The molecular formula is C11H11Cl3. The molecule has 0 aliphatic rings. The van der Waals surface area contributed by atoms with Crippen LogP contribution in [0.2, 0.25) is 10.0 Å². The molecule has 1 aromatic rings. The molecule has 0 N–H and O–H groups in total. The lowest BCUT2D eigenvalue weighted by Gasteiger charge is -2.04. The van der Waals surface area contributed by atoms with Crippen molar-refractivity contribution in [1.82, 2.24) is 0 Å². The van der Waals surface area contributed by atoms with Crippen molar-refractivity contribution in [2.45, 2.75) is 13.3 Å². The Hall–Kier alpha value is -0.170. The molecule has 0 aromatic heterocycles. The lowest BCUT2D eigenvalue weighted by Crippen LogP contribution is -1.82. The van der Waals surface area contributed by atoms with E-state index in [1.165, 1.54) is 0 Å². The molecule has 76 valence electrons. The van der Waals surface area contributed by atoms with Crippen LogP contribution in [-0.4, -0.2) is 5.88 Å². The molecule has 0 nitrogen and oxygen atoms in total. The van der Waals surface area contributed by atoms with Gasteiger partial charge in [-0.1, -0.05) is 29.3 Å². The van der Waals surface area contributed by atoms with Gasteiger partial charge >= 0.3 is 0 Å². The van der Waals surface area contributed by atoms with Crippen LogP contribution in [0, 0.1) is 0 Å². The summed E-state index contributed by atoms with van der Waals surface area (Å²) in [6.45, 7) is 2.00. The van der Waals surface area contributed by atoms with E-state index in [4.69, 9.17) is 34.8 Å². The van der Waals surface area contributed by atoms with Crippen molar-refractivity contribution >= 4 is 40.4 Å². The predicted molar refractivity (Wildman–Crippen MR) is 65.5 cm³/mol. The highest BCUT2D eigenvalue weighted by atomic mass is 35.5. The van der Waals surface area contributed by atoms with E-state index < -0.39 is 0 Å². The Labute approximate surface area is 99.5 Å². The summed E-state index contributed by atoms with van der Waals surface area (Å²) in [5.41, 5.74) is 2.09. The second kappa shape index (κ2) is 5.65. The number of halogens is 3. The molecule has 3 heteroatoms. The zero-order chi connectivity index (χ0) is 10.6. The van der Waals surface area contributed by atoms with E-state index >= 15 is 0 Å². The highest BCUT2D eigenvalue weighted by Crippen LogP contribution is 2.27. The molecule has 0 fully saturated rings. The van der Waals surface area contributed by atoms with Crippen LogP contribution in [0.15, 0.2) is 24.3 Å². The zero-order valence-electron chi connectivity index (χ0n) is 7.86. The molecule has 0 saturated carbocycles. The van der Waals surface area contributed by atoms with Gasteiger partial charge in [0, 0.05) is 15.9 Å². The van der Waals surface area contributed by atoms with Crippen molar-refractivity contribution in [1.29, 1.82) is 0 Å². The van der Waals surface area contributed by atoms with Gasteiger partial charge in [-0.2, -0.15) is 0 Å². The van der Waals surface area contributed by atoms with Crippen LogP contribution >= 0.6 is 34.8 Å². The van der Waals surface area contributed by atoms with Crippen LogP contribution in [0.3, 0.4) is 0 Å². The molecule has 0 spiro atoms. The highest BCUT2D eigenvalue weighted by molar-refractivity contribution is 6.34. The maximum absolute atomic E-state index is 6.04. The second-order valence-electron chi connectivity index (χ2n) is 2.99. The molecule has 14 heavy (non-hydrogen) atoms. The quantitative estimate of drug-likeness (QED) is 0.660. The third-order valence-corrected chi connectivity index (χ3v) is 2.70. The summed E-state index contributed by atoms with van der Waals surface area (Å²) >= 11 is 17.5. The van der Waals surface area contributed by atoms with Gasteiger partial charge in [-0.15, -0.1) is 11.6 Å². The van der Waals surface area contributed by atoms with Crippen molar-refractivity contribution < 1.29 is 0 Å². The van der Waals surface area contributed by atoms with Crippen LogP contribution < -0.4 is 0 Å². The Kier molecular flexibility index (Phi) is 4.80. The largest absolute Gasteiger partial charge is 0.126 e. The Morgan fingerprint density at radius 3 is 2.71 bits per heavy atom. The molecule has 0 bridgehead atoms. The minimum Gasteiger partial charge on any atom is -0.126 e. The minimum absolute atomic E-state index is 0.621. The predicted octanol–water partition coefficient (Wildman–Crippen LogP) is 5.03. The van der Waals surface area contributed by atoms with E-state index in [0.29, 0.717) is 10.9 Å². The average Bonchev–Trinajstić information content (AvgIpc) is 2.18. The molecular weight excluding hydrogens is 238 g/mol. The second-order valence-corrected chi connectivity index (χ2v) is 4.21. The van der Waals surface area contributed by atoms with Crippen molar-refractivity contribution in [2.75, 3.05) is 5.88 Å². The van der Waals surface area contributed by atoms with E-state index in [9.17, 15) is 0 Å². The van der Waals surface area contributed by atoms with Gasteiger partial charge in [0.05, 0.1) is 0 Å². The van der Waals surface area contributed by atoms with Gasteiger partial charge in [0.2, 0.25) is 0 Å². The van der Waals surface area contributed by atoms with Gasteiger partial charge in [0.1, 0.15) is 0 Å². The third-order valence-electron chi connectivity index (χ3n) is 1.91. The molecule has 0 aliphatic heterocycles. The van der Waals surface area contributed by atoms with Gasteiger partial charge < -0.3 is 0 Å². The molecule has 0 unspecified atom stereocenters. The smallest absolute Gasteiger partial charge is 0.0481 e. The summed E-state index contributed by atoms with van der Waals surface area (Å²) in [5.74, 6) is 0.621. The lowest BCUT2D eigenvalue weighted by molar-refractivity contribution is 1.23. The standard InChI is InChI=1S/C11H11Cl3/c1-8(3-2-6-12)10-7-9(13)4-5-11(10)14/h3-5,7H,2,6H2,1H3. The summed E-state index contributed by atoms with van der Waals surface area (Å²) in [5, 5.41) is 1.42. The maximum Gasteiger partial charge on any atom is 0.0481 e. The monoisotopic (exact) mass is 248 g/mol. The number of benzene rings is 1. The number of allylic oxidation sites excluding steroid dienone is 2. The zero-order valence-corrected chi connectivity index (χ0v) is 10.1. The van der Waals surface area contributed by atoms with E-state index in [-0.39, 0.29) is 0 Å². The normalized spacial score (nSPS) is 11.9. The summed E-state index contributed by atoms with van der Waals surface area (Å²) in [6, 6.07) is 5.45. The SMILES string of the molecule is CC(=CCCCl)c1cc(Cl)ccc1Cl. The van der Waals surface area contributed by atoms with Crippen molar-refractivity contribution in [3.63, 3.8) is 0 Å². The van der Waals surface area contributed by atoms with E-state index in [0.717, 1.165) is 22.6 Å². The average molecular weight is 250 g/mol. The van der Waals surface area contributed by atoms with Crippen molar-refractivity contribution in [3.8, 4) is 0 Å². The molecule has 0 aliphatic carbocycles. The van der Waals surface area contributed by atoms with Crippen LogP contribution in [0.1, 0.15) is 18.9 Å². The fraction of sp³-hybridized carbons (Fsp3) is 0.273. The summed E-state index contributed by atoms with van der Waals surface area (Å²) in [7, 11) is 0. The topological polar surface area (TPSA) is 0 Å². The third kappa shape index (κ3) is 3.20. The number of rotatable bonds is 3. The van der Waals surface area contributed by atoms with E-state index in [1.54, 1.807) is 12.1 Å². The fourth-order valence-electron chi connectivity index (χ4n) is 1.18. The van der Waals surface area contributed by atoms with Crippen molar-refractivity contribution in [3.05, 3.63) is 39.9 Å². The molecule has 0 amide bonds. The summed E-state index contributed by atoms with van der Waals surface area (Å²) in [6.07, 6.45) is 2.90. The fourth-order valence-corrected chi connectivity index (χ4v) is 1.73. The minimum atomic E-state index is 0.621. The highest BCUT2D eigenvalue weighted by Gasteiger charge is 2.02. The Morgan fingerprint density at radius 1 is 1.36 bits per heavy atom. The summed E-state index contributed by atoms with van der Waals surface area (Å²) < 4.78 is 0. The molecule has 0 saturated heterocycles. The lowest BCUT2D eigenvalue weighted by atomic mass is 10.1. The molecule has 0 heterocycles. The van der Waals surface area contributed by atoms with E-state index in [2.05, 4.69) is 6.08 Å². The van der Waals surface area contributed by atoms with Crippen molar-refractivity contribution in [2.24, 2.45) is 0 Å². The van der Waals surface area contributed by atoms with Gasteiger partial charge in [-0.3, -0.25) is 0 Å². The number of hydrogen-bond acceptors (Lipinski definition) is 0. The van der Waals surface area contributed by atoms with Gasteiger partial charge in [-0.05, 0) is 42.7 Å². The number of alkyl halides is 1.